The fourth-order valence-corrected chi connectivity index (χ4v) is 9.23. The number of ether oxygens (including phenoxy) is 3. The number of halogens is 3. The Morgan fingerprint density at radius 2 is 1.88 bits per heavy atom. The summed E-state index contributed by atoms with van der Waals surface area (Å²) in [5.41, 5.74) is -3.83. The second kappa shape index (κ2) is 16.8. The van der Waals surface area contributed by atoms with E-state index in [-0.39, 0.29) is 43.5 Å². The summed E-state index contributed by atoms with van der Waals surface area (Å²) in [7, 11) is -4.08. The normalized spacial score (nSPS) is 28.4. The minimum Gasteiger partial charge on any atom is -0.491 e. The minimum absolute atomic E-state index is 0.00308. The van der Waals surface area contributed by atoms with Gasteiger partial charge in [0, 0.05) is 23.9 Å². The predicted octanol–water partition coefficient (Wildman–Crippen LogP) is 5.54. The number of hydrogen-bond donors (Lipinski definition) is 3. The van der Waals surface area contributed by atoms with Crippen LogP contribution in [-0.2, 0) is 29.1 Å². The van der Waals surface area contributed by atoms with Crippen molar-refractivity contribution < 1.29 is 55.0 Å². The van der Waals surface area contributed by atoms with Gasteiger partial charge in [0.25, 0.3) is 12.3 Å². The molecule has 1 aromatic carbocycles. The van der Waals surface area contributed by atoms with Crippen LogP contribution >= 0.6 is 0 Å². The first-order chi connectivity index (χ1) is 27.7. The quantitative estimate of drug-likeness (QED) is 0.243. The van der Waals surface area contributed by atoms with Gasteiger partial charge >= 0.3 is 6.09 Å². The number of aromatic nitrogens is 1. The van der Waals surface area contributed by atoms with E-state index in [1.807, 2.05) is 19.9 Å². The average Bonchev–Trinajstić information content (AvgIpc) is 4.05. The SMILES string of the molecule is CCOc1cc2ccnc(O[C@@H]3C[C@H]4C(=O)N[C@]5(C(=O)NS(=O)(=O)C6(C)CC6)C[C@H]5C=CCC[C@H](C)C[C@@H](CC)[C@H](NC(=O)OC(C)(C)C(F)F)C(=O)N4C3)c2cc1F. The van der Waals surface area contributed by atoms with E-state index in [2.05, 4.69) is 20.3 Å². The number of pyridine rings is 1. The maximum absolute atomic E-state index is 15.1. The van der Waals surface area contributed by atoms with E-state index in [1.165, 1.54) is 30.2 Å². The van der Waals surface area contributed by atoms with Gasteiger partial charge in [-0.3, -0.25) is 19.1 Å². The molecule has 0 radical (unpaired) electrons. The lowest BCUT2D eigenvalue weighted by Gasteiger charge is -2.34. The maximum atomic E-state index is 15.1. The van der Waals surface area contributed by atoms with E-state index in [0.717, 1.165) is 13.8 Å². The Morgan fingerprint density at radius 3 is 2.54 bits per heavy atom. The lowest BCUT2D eigenvalue weighted by molar-refractivity contribution is -0.142. The van der Waals surface area contributed by atoms with Gasteiger partial charge in [0.15, 0.2) is 17.2 Å². The van der Waals surface area contributed by atoms with Crippen LogP contribution in [-0.4, -0.2) is 95.8 Å². The molecule has 59 heavy (non-hydrogen) atoms. The number of benzene rings is 1. The molecule has 3 fully saturated rings. The van der Waals surface area contributed by atoms with Crippen molar-refractivity contribution >= 4 is 44.6 Å². The van der Waals surface area contributed by atoms with Gasteiger partial charge in [-0.1, -0.05) is 32.4 Å². The molecule has 4 aliphatic rings. The summed E-state index contributed by atoms with van der Waals surface area (Å²) in [6, 6.07) is 1.70. The van der Waals surface area contributed by atoms with Crippen LogP contribution < -0.4 is 24.8 Å². The van der Waals surface area contributed by atoms with Crippen LogP contribution in [0.2, 0.25) is 0 Å². The number of fused-ring (bicyclic) bond motifs is 3. The molecule has 18 heteroatoms. The van der Waals surface area contributed by atoms with Gasteiger partial charge in [-0.2, -0.15) is 0 Å². The van der Waals surface area contributed by atoms with E-state index in [9.17, 15) is 36.4 Å². The van der Waals surface area contributed by atoms with Gasteiger partial charge in [-0.05, 0) is 102 Å². The number of nitrogens with one attached hydrogen (secondary N) is 3. The zero-order valence-corrected chi connectivity index (χ0v) is 35.0. The molecule has 0 bridgehead atoms. The first-order valence-corrected chi connectivity index (χ1v) is 21.7. The number of carbonyl (C=O) groups is 4. The molecule has 324 valence electrons. The highest BCUT2D eigenvalue weighted by Gasteiger charge is 2.63. The van der Waals surface area contributed by atoms with Crippen LogP contribution in [0.1, 0.15) is 92.9 Å². The van der Waals surface area contributed by atoms with Crippen LogP contribution in [0.5, 0.6) is 11.6 Å². The standard InChI is InChI=1S/C41H54F3N5O9S/c1-7-24-17-23(3)11-9-10-12-26-21-41(26,37(52)48-59(54,55)40(6)14-15-40)47-33(50)30-19-27(22-49(30)35(51)32(24)46-38(53)58-39(4,5)36(43)44)57-34-28-20-29(42)31(56-8-2)18-25(28)13-16-45-34/h10,12-13,16,18,20,23-24,26-27,30,32,36H,7-9,11,14-15,17,19,21-22H2,1-6H3,(H,46,53)(H,47,50)(H,48,52)/t23-,24+,26+,27+,30-,32-,41+/m0/s1. The first-order valence-electron chi connectivity index (χ1n) is 20.3. The Morgan fingerprint density at radius 1 is 1.15 bits per heavy atom. The molecule has 2 aromatic rings. The molecule has 14 nitrogen and oxygen atoms in total. The second-order valence-electron chi connectivity index (χ2n) is 17.1. The van der Waals surface area contributed by atoms with Crippen molar-refractivity contribution in [3.63, 3.8) is 0 Å². The van der Waals surface area contributed by atoms with Crippen molar-refractivity contribution in [2.24, 2.45) is 17.8 Å². The molecular weight excluding hydrogens is 796 g/mol. The van der Waals surface area contributed by atoms with Crippen LogP contribution in [0.3, 0.4) is 0 Å². The Bertz CT molecular complexity index is 2100. The van der Waals surface area contributed by atoms with Crippen molar-refractivity contribution in [1.82, 2.24) is 25.2 Å². The average molecular weight is 850 g/mol. The molecule has 4 amide bonds. The number of allylic oxidation sites excluding steroid dienone is 1. The highest BCUT2D eigenvalue weighted by Crippen LogP contribution is 2.48. The van der Waals surface area contributed by atoms with Crippen molar-refractivity contribution in [1.29, 1.82) is 0 Å². The number of hydrogen-bond acceptors (Lipinski definition) is 10. The number of sulfonamides is 1. The number of nitrogens with zero attached hydrogens (tertiary/aromatic N) is 2. The summed E-state index contributed by atoms with van der Waals surface area (Å²) >= 11 is 0. The van der Waals surface area contributed by atoms with E-state index in [1.54, 1.807) is 19.1 Å². The highest BCUT2D eigenvalue weighted by atomic mass is 32.2. The van der Waals surface area contributed by atoms with Crippen LogP contribution in [0.25, 0.3) is 10.8 Å². The predicted molar refractivity (Wildman–Crippen MR) is 211 cm³/mol. The van der Waals surface area contributed by atoms with E-state index in [4.69, 9.17) is 14.2 Å². The molecule has 3 heterocycles. The Balaban J connectivity index is 1.37. The second-order valence-corrected chi connectivity index (χ2v) is 19.3. The molecule has 6 rings (SSSR count). The number of rotatable bonds is 11. The lowest BCUT2D eigenvalue weighted by atomic mass is 9.85. The maximum Gasteiger partial charge on any atom is 0.408 e. The molecular formula is C41H54F3N5O9S. The molecule has 1 aromatic heterocycles. The van der Waals surface area contributed by atoms with Gasteiger partial charge in [0.05, 0.1) is 17.9 Å². The smallest absolute Gasteiger partial charge is 0.408 e. The molecule has 0 unspecified atom stereocenters. The lowest BCUT2D eigenvalue weighted by Crippen LogP contribution is -2.59. The van der Waals surface area contributed by atoms with Crippen molar-refractivity contribution in [3.05, 3.63) is 42.4 Å². The zero-order valence-electron chi connectivity index (χ0n) is 34.2. The first kappa shape index (κ1) is 44.0. The van der Waals surface area contributed by atoms with Gasteiger partial charge in [0.2, 0.25) is 27.7 Å². The number of amides is 4. The van der Waals surface area contributed by atoms with Crippen molar-refractivity contribution in [3.8, 4) is 11.6 Å². The summed E-state index contributed by atoms with van der Waals surface area (Å²) in [6.45, 7) is 9.17. The summed E-state index contributed by atoms with van der Waals surface area (Å²) in [4.78, 5) is 62.2. The van der Waals surface area contributed by atoms with Gasteiger partial charge in [-0.25, -0.2) is 31.4 Å². The van der Waals surface area contributed by atoms with E-state index in [0.29, 0.717) is 49.3 Å². The van der Waals surface area contributed by atoms with Gasteiger partial charge in [0.1, 0.15) is 23.7 Å². The summed E-state index contributed by atoms with van der Waals surface area (Å²) in [5.74, 6) is -4.07. The summed E-state index contributed by atoms with van der Waals surface area (Å²) < 4.78 is 87.0. The molecule has 2 aliphatic carbocycles. The van der Waals surface area contributed by atoms with Crippen LogP contribution in [0.4, 0.5) is 18.0 Å². The molecule has 1 saturated heterocycles. The molecule has 2 aliphatic heterocycles. The van der Waals surface area contributed by atoms with Crippen LogP contribution in [0.15, 0.2) is 36.5 Å². The van der Waals surface area contributed by atoms with Gasteiger partial charge < -0.3 is 29.7 Å². The highest BCUT2D eigenvalue weighted by molar-refractivity contribution is 7.91. The fraction of sp³-hybridized carbons (Fsp3) is 0.634. The molecule has 2 saturated carbocycles. The third-order valence-corrected chi connectivity index (χ3v) is 14.3. The van der Waals surface area contributed by atoms with Crippen molar-refractivity contribution in [2.75, 3.05) is 13.2 Å². The topological polar surface area (TPSA) is 182 Å². The summed E-state index contributed by atoms with van der Waals surface area (Å²) in [6.07, 6.45) is 2.68. The summed E-state index contributed by atoms with van der Waals surface area (Å²) in [5, 5.41) is 6.20. The number of alkyl halides is 2. The van der Waals surface area contributed by atoms with E-state index < -0.39 is 92.0 Å². The molecule has 3 N–H and O–H groups in total. The third kappa shape index (κ3) is 9.26. The number of carbonyl (C=O) groups excluding carboxylic acids is 4. The van der Waals surface area contributed by atoms with E-state index >= 15 is 4.39 Å². The Hall–Kier alpha value is -4.61. The Labute approximate surface area is 342 Å². The Kier molecular flexibility index (Phi) is 12.5. The number of alkyl carbamates (subject to hydrolysis) is 1. The molecule has 7 atom stereocenters. The minimum atomic E-state index is -4.08. The monoisotopic (exact) mass is 849 g/mol. The fourth-order valence-electron chi connectivity index (χ4n) is 7.92. The van der Waals surface area contributed by atoms with Gasteiger partial charge in [-0.15, -0.1) is 0 Å². The largest absolute Gasteiger partial charge is 0.491 e. The van der Waals surface area contributed by atoms with Crippen molar-refractivity contribution in [2.45, 2.75) is 133 Å². The molecule has 0 spiro atoms. The third-order valence-electron chi connectivity index (χ3n) is 12.1. The zero-order chi connectivity index (χ0) is 43.1. The van der Waals surface area contributed by atoms with Crippen LogP contribution in [0, 0.1) is 23.6 Å².